The van der Waals surface area contributed by atoms with Crippen LogP contribution in [0.15, 0.2) is 83.9 Å². The van der Waals surface area contributed by atoms with E-state index in [2.05, 4.69) is 10.3 Å². The molecular weight excluding hydrogens is 326 g/mol. The summed E-state index contributed by atoms with van der Waals surface area (Å²) >= 11 is 0. The lowest BCUT2D eigenvalue weighted by atomic mass is 10.1. The van der Waals surface area contributed by atoms with Crippen LogP contribution in [0, 0.1) is 5.41 Å². The number of hydrogen-bond acceptors (Lipinski definition) is 3. The fourth-order valence-electron chi connectivity index (χ4n) is 2.47. The highest BCUT2D eigenvalue weighted by Crippen LogP contribution is 2.25. The van der Waals surface area contributed by atoms with Crippen LogP contribution in [-0.4, -0.2) is 21.9 Å². The van der Waals surface area contributed by atoms with Crippen molar-refractivity contribution in [1.29, 1.82) is 5.41 Å². The Balaban J connectivity index is 1.89. The molecule has 0 aliphatic rings. The van der Waals surface area contributed by atoms with Gasteiger partial charge in [0.25, 0.3) is 0 Å². The van der Waals surface area contributed by atoms with Gasteiger partial charge in [-0.2, -0.15) is 0 Å². The summed E-state index contributed by atoms with van der Waals surface area (Å²) in [5, 5.41) is 30.7. The van der Waals surface area contributed by atoms with E-state index in [0.29, 0.717) is 17.8 Å². The van der Waals surface area contributed by atoms with Crippen LogP contribution in [0.25, 0.3) is 0 Å². The van der Waals surface area contributed by atoms with Crippen molar-refractivity contribution in [3.8, 4) is 11.5 Å². The third-order valence-electron chi connectivity index (χ3n) is 3.77. The molecule has 4 N–H and O–H groups in total. The molecule has 0 amide bonds. The Morgan fingerprint density at radius 2 is 1.50 bits per heavy atom. The van der Waals surface area contributed by atoms with Gasteiger partial charge >= 0.3 is 0 Å². The predicted octanol–water partition coefficient (Wildman–Crippen LogP) is 4.18. The summed E-state index contributed by atoms with van der Waals surface area (Å²) < 4.78 is 0. The molecule has 0 unspecified atom stereocenters. The average Bonchev–Trinajstić information content (AvgIpc) is 2.66. The lowest BCUT2D eigenvalue weighted by molar-refractivity contribution is 0.403. The van der Waals surface area contributed by atoms with E-state index in [4.69, 9.17) is 5.41 Å². The van der Waals surface area contributed by atoms with Gasteiger partial charge < -0.3 is 15.5 Å². The number of hydrogen-bond donors (Lipinski definition) is 4. The molecule has 3 rings (SSSR count). The number of nitrogens with one attached hydrogen (secondary N) is 2. The number of rotatable bonds is 4. The van der Waals surface area contributed by atoms with Crippen molar-refractivity contribution >= 4 is 17.4 Å². The molecule has 26 heavy (non-hydrogen) atoms. The predicted molar refractivity (Wildman–Crippen MR) is 104 cm³/mol. The highest BCUT2D eigenvalue weighted by molar-refractivity contribution is 6.09. The van der Waals surface area contributed by atoms with Crippen LogP contribution in [0.5, 0.6) is 11.5 Å². The Labute approximate surface area is 151 Å². The van der Waals surface area contributed by atoms with E-state index >= 15 is 0 Å². The van der Waals surface area contributed by atoms with Crippen LogP contribution < -0.4 is 5.32 Å². The molecule has 0 heterocycles. The van der Waals surface area contributed by atoms with Crippen LogP contribution in [0.4, 0.5) is 5.69 Å². The van der Waals surface area contributed by atoms with E-state index in [-0.39, 0.29) is 17.3 Å². The summed E-state index contributed by atoms with van der Waals surface area (Å²) in [6.45, 7) is 0. The normalized spacial score (nSPS) is 11.2. The topological polar surface area (TPSA) is 88.7 Å². The molecule has 3 aromatic rings. The molecule has 0 radical (unpaired) electrons. The largest absolute Gasteiger partial charge is 0.504 e. The molecule has 0 fully saturated rings. The van der Waals surface area contributed by atoms with E-state index in [1.807, 2.05) is 60.7 Å². The van der Waals surface area contributed by atoms with Gasteiger partial charge in [-0.25, -0.2) is 4.99 Å². The maximum atomic E-state index is 9.71. The summed E-state index contributed by atoms with van der Waals surface area (Å²) in [6, 6.07) is 23.5. The Morgan fingerprint density at radius 3 is 2.15 bits per heavy atom. The number of phenols is 2. The number of anilines is 1. The first-order valence-electron chi connectivity index (χ1n) is 8.16. The molecule has 3 aromatic carbocycles. The first-order chi connectivity index (χ1) is 12.6. The number of amidine groups is 2. The Kier molecular flexibility index (Phi) is 5.29. The van der Waals surface area contributed by atoms with Crippen LogP contribution >= 0.6 is 0 Å². The molecule has 0 bridgehead atoms. The molecule has 0 aromatic heterocycles. The van der Waals surface area contributed by atoms with E-state index in [1.165, 1.54) is 12.1 Å². The minimum atomic E-state index is -0.181. The number of phenolic OH excluding ortho intramolecular Hbond substituents is 2. The molecule has 5 nitrogen and oxygen atoms in total. The third kappa shape index (κ3) is 4.48. The molecule has 5 heteroatoms. The van der Waals surface area contributed by atoms with Crippen molar-refractivity contribution in [2.75, 3.05) is 5.32 Å². The summed E-state index contributed by atoms with van der Waals surface area (Å²) in [5.41, 5.74) is 2.34. The second kappa shape index (κ2) is 7.98. The number of aliphatic imine (C=N–C) groups is 1. The zero-order chi connectivity index (χ0) is 18.4. The molecular formula is C21H19N3O2. The molecule has 0 saturated carbocycles. The summed E-state index contributed by atoms with van der Waals surface area (Å²) in [7, 11) is 0. The first-order valence-corrected chi connectivity index (χ1v) is 8.16. The maximum Gasteiger partial charge on any atom is 0.157 e. The average molecular weight is 345 g/mol. The van der Waals surface area contributed by atoms with Crippen LogP contribution in [0.3, 0.4) is 0 Å². The van der Waals surface area contributed by atoms with Crippen molar-refractivity contribution in [2.45, 2.75) is 6.42 Å². The van der Waals surface area contributed by atoms with E-state index in [0.717, 1.165) is 11.3 Å². The number of para-hydroxylation sites is 1. The van der Waals surface area contributed by atoms with Crippen molar-refractivity contribution in [3.05, 3.63) is 90.0 Å². The fraction of sp³-hybridized carbons (Fsp3) is 0.0476. The van der Waals surface area contributed by atoms with Crippen LogP contribution in [0.1, 0.15) is 11.1 Å². The maximum absolute atomic E-state index is 9.71. The van der Waals surface area contributed by atoms with Crippen molar-refractivity contribution < 1.29 is 10.2 Å². The SMILES string of the molecule is N=C(/N=C(/Cc1ccc(O)c(O)c1)Nc1ccccc1)c1ccccc1. The quantitative estimate of drug-likeness (QED) is 0.325. The molecule has 130 valence electrons. The number of aromatic hydroxyl groups is 2. The minimum Gasteiger partial charge on any atom is -0.504 e. The van der Waals surface area contributed by atoms with Gasteiger partial charge in [0.05, 0.1) is 0 Å². The second-order valence-electron chi connectivity index (χ2n) is 5.76. The fourth-order valence-corrected chi connectivity index (χ4v) is 2.47. The van der Waals surface area contributed by atoms with Gasteiger partial charge in [-0.1, -0.05) is 54.6 Å². The second-order valence-corrected chi connectivity index (χ2v) is 5.76. The highest BCUT2D eigenvalue weighted by Gasteiger charge is 2.08. The number of benzene rings is 3. The van der Waals surface area contributed by atoms with Crippen LogP contribution in [-0.2, 0) is 6.42 Å². The van der Waals surface area contributed by atoms with Gasteiger partial charge in [0, 0.05) is 17.7 Å². The Hall–Kier alpha value is -3.60. The molecule has 0 aliphatic heterocycles. The Morgan fingerprint density at radius 1 is 0.846 bits per heavy atom. The summed E-state index contributed by atoms with van der Waals surface area (Å²) in [4.78, 5) is 4.43. The van der Waals surface area contributed by atoms with Gasteiger partial charge in [-0.05, 0) is 29.8 Å². The molecule has 0 aliphatic carbocycles. The van der Waals surface area contributed by atoms with Crippen molar-refractivity contribution in [1.82, 2.24) is 0 Å². The lowest BCUT2D eigenvalue weighted by Gasteiger charge is -2.11. The number of nitrogens with zero attached hydrogens (tertiary/aromatic N) is 1. The standard InChI is InChI=1S/C21H19N3O2/c22-21(16-7-3-1-4-8-16)24-20(23-17-9-5-2-6-10-17)14-15-11-12-18(25)19(26)13-15/h1-13,25-26H,14H2,(H2,22,23,24). The smallest absolute Gasteiger partial charge is 0.157 e. The van der Waals surface area contributed by atoms with Gasteiger partial charge in [-0.15, -0.1) is 0 Å². The lowest BCUT2D eigenvalue weighted by Crippen LogP contribution is -2.17. The Bertz CT molecular complexity index is 923. The minimum absolute atomic E-state index is 0.145. The zero-order valence-corrected chi connectivity index (χ0v) is 14.1. The third-order valence-corrected chi connectivity index (χ3v) is 3.77. The first kappa shape index (κ1) is 17.2. The van der Waals surface area contributed by atoms with E-state index in [1.54, 1.807) is 6.07 Å². The molecule has 0 spiro atoms. The monoisotopic (exact) mass is 345 g/mol. The van der Waals surface area contributed by atoms with E-state index in [9.17, 15) is 10.2 Å². The molecule has 0 atom stereocenters. The highest BCUT2D eigenvalue weighted by atomic mass is 16.3. The van der Waals surface area contributed by atoms with E-state index < -0.39 is 0 Å². The van der Waals surface area contributed by atoms with Gasteiger partial charge in [-0.3, -0.25) is 5.41 Å². The van der Waals surface area contributed by atoms with Crippen molar-refractivity contribution in [2.24, 2.45) is 4.99 Å². The van der Waals surface area contributed by atoms with Gasteiger partial charge in [0.1, 0.15) is 5.84 Å². The summed E-state index contributed by atoms with van der Waals surface area (Å²) in [5.74, 6) is 0.363. The summed E-state index contributed by atoms with van der Waals surface area (Å²) in [6.07, 6.45) is 0.373. The van der Waals surface area contributed by atoms with Crippen molar-refractivity contribution in [3.63, 3.8) is 0 Å². The van der Waals surface area contributed by atoms with Crippen LogP contribution in [0.2, 0.25) is 0 Å². The zero-order valence-electron chi connectivity index (χ0n) is 14.1. The van der Waals surface area contributed by atoms with Gasteiger partial charge in [0.15, 0.2) is 17.3 Å². The molecule has 0 saturated heterocycles. The van der Waals surface area contributed by atoms with Gasteiger partial charge in [0.2, 0.25) is 0 Å².